The van der Waals surface area contributed by atoms with Crippen molar-refractivity contribution in [1.29, 1.82) is 0 Å². The van der Waals surface area contributed by atoms with Crippen LogP contribution in [-0.2, 0) is 9.53 Å². The number of aromatic nitrogens is 3. The maximum atomic E-state index is 13.3. The minimum Gasteiger partial charge on any atom is -0.451 e. The van der Waals surface area contributed by atoms with E-state index in [2.05, 4.69) is 41.5 Å². The quantitative estimate of drug-likeness (QED) is 0.440. The van der Waals surface area contributed by atoms with E-state index in [0.717, 1.165) is 14.0 Å². The van der Waals surface area contributed by atoms with Crippen LogP contribution in [0.2, 0.25) is 10.0 Å². The highest BCUT2D eigenvalue weighted by Gasteiger charge is 2.26. The Balaban J connectivity index is 2.00. The van der Waals surface area contributed by atoms with Crippen molar-refractivity contribution in [2.75, 3.05) is 12.4 Å². The Kier molecular flexibility index (Phi) is 8.10. The molecule has 0 saturated carbocycles. The van der Waals surface area contributed by atoms with Crippen LogP contribution in [0.1, 0.15) is 33.3 Å². The van der Waals surface area contributed by atoms with Gasteiger partial charge in [-0.05, 0) is 52.7 Å². The molecule has 14 heteroatoms. The SMILES string of the molecule is COC(=O)N(NC(=O)c1cc(Cl)cc(C)c1NC(=O)c1cc(Br)nn1-c1ncccc1Cl)C(C)=O. The molecule has 0 fully saturated rings. The van der Waals surface area contributed by atoms with Crippen molar-refractivity contribution in [3.8, 4) is 5.82 Å². The van der Waals surface area contributed by atoms with Crippen LogP contribution in [0.25, 0.3) is 5.82 Å². The first-order chi connectivity index (χ1) is 16.5. The van der Waals surface area contributed by atoms with Crippen molar-refractivity contribution < 1.29 is 23.9 Å². The topological polar surface area (TPSA) is 136 Å². The number of hydrogen-bond donors (Lipinski definition) is 2. The third-order valence-electron chi connectivity index (χ3n) is 4.52. The maximum Gasteiger partial charge on any atom is 0.435 e. The molecule has 35 heavy (non-hydrogen) atoms. The number of ether oxygens (including phenoxy) is 1. The first-order valence-electron chi connectivity index (χ1n) is 9.71. The number of hydrazine groups is 1. The fourth-order valence-corrected chi connectivity index (χ4v) is 3.83. The van der Waals surface area contributed by atoms with Crippen molar-refractivity contribution in [3.05, 3.63) is 68.0 Å². The average Bonchev–Trinajstić information content (AvgIpc) is 3.19. The van der Waals surface area contributed by atoms with Gasteiger partial charge in [-0.2, -0.15) is 10.1 Å². The van der Waals surface area contributed by atoms with Gasteiger partial charge in [0.1, 0.15) is 10.3 Å². The molecular weight excluding hydrogens is 567 g/mol. The van der Waals surface area contributed by atoms with Gasteiger partial charge in [0.05, 0.1) is 23.4 Å². The summed E-state index contributed by atoms with van der Waals surface area (Å²) in [5.74, 6) is -2.13. The van der Waals surface area contributed by atoms with E-state index in [1.165, 1.54) is 29.1 Å². The van der Waals surface area contributed by atoms with Crippen LogP contribution in [0.5, 0.6) is 0 Å². The lowest BCUT2D eigenvalue weighted by Crippen LogP contribution is -2.49. The van der Waals surface area contributed by atoms with Gasteiger partial charge in [-0.15, -0.1) is 0 Å². The first-order valence-corrected chi connectivity index (χ1v) is 11.3. The van der Waals surface area contributed by atoms with Crippen molar-refractivity contribution >= 4 is 68.6 Å². The number of carbonyl (C=O) groups excluding carboxylic acids is 4. The van der Waals surface area contributed by atoms with Gasteiger partial charge in [-0.1, -0.05) is 23.2 Å². The zero-order valence-electron chi connectivity index (χ0n) is 18.4. The molecule has 2 aromatic heterocycles. The molecule has 1 aromatic carbocycles. The lowest BCUT2D eigenvalue weighted by Gasteiger charge is -2.20. The van der Waals surface area contributed by atoms with Gasteiger partial charge in [0, 0.05) is 24.2 Å². The van der Waals surface area contributed by atoms with Gasteiger partial charge >= 0.3 is 6.09 Å². The summed E-state index contributed by atoms with van der Waals surface area (Å²) < 4.78 is 6.08. The van der Waals surface area contributed by atoms with E-state index in [-0.39, 0.29) is 32.8 Å². The van der Waals surface area contributed by atoms with Crippen molar-refractivity contribution in [3.63, 3.8) is 0 Å². The second-order valence-electron chi connectivity index (χ2n) is 6.94. The van der Waals surface area contributed by atoms with Crippen LogP contribution < -0.4 is 10.7 Å². The highest BCUT2D eigenvalue weighted by Crippen LogP contribution is 2.28. The summed E-state index contributed by atoms with van der Waals surface area (Å²) in [6, 6.07) is 7.47. The molecule has 0 unspecified atom stereocenters. The second-order valence-corrected chi connectivity index (χ2v) is 8.59. The second kappa shape index (κ2) is 10.8. The Morgan fingerprint density at radius 1 is 1.14 bits per heavy atom. The minimum absolute atomic E-state index is 0.0538. The molecule has 0 radical (unpaired) electrons. The molecule has 182 valence electrons. The van der Waals surface area contributed by atoms with Gasteiger partial charge in [-0.3, -0.25) is 19.8 Å². The number of rotatable bonds is 4. The minimum atomic E-state index is -1.10. The summed E-state index contributed by atoms with van der Waals surface area (Å²) in [5.41, 5.74) is 2.61. The van der Waals surface area contributed by atoms with E-state index >= 15 is 0 Å². The Morgan fingerprint density at radius 3 is 2.49 bits per heavy atom. The summed E-state index contributed by atoms with van der Waals surface area (Å²) in [6.45, 7) is 2.68. The van der Waals surface area contributed by atoms with Crippen molar-refractivity contribution in [2.45, 2.75) is 13.8 Å². The molecule has 3 rings (SSSR count). The zero-order chi connectivity index (χ0) is 25.9. The average molecular weight is 584 g/mol. The Hall–Kier alpha value is -3.48. The van der Waals surface area contributed by atoms with E-state index in [0.29, 0.717) is 15.2 Å². The van der Waals surface area contributed by atoms with Gasteiger partial charge in [-0.25, -0.2) is 14.5 Å². The number of nitrogens with zero attached hydrogens (tertiary/aromatic N) is 4. The van der Waals surface area contributed by atoms with Crippen LogP contribution in [0.3, 0.4) is 0 Å². The summed E-state index contributed by atoms with van der Waals surface area (Å²) in [6.07, 6.45) is 0.392. The van der Waals surface area contributed by atoms with Crippen molar-refractivity contribution in [2.24, 2.45) is 0 Å². The number of pyridine rings is 1. The van der Waals surface area contributed by atoms with Crippen LogP contribution in [0.4, 0.5) is 10.5 Å². The highest BCUT2D eigenvalue weighted by molar-refractivity contribution is 9.10. The molecule has 2 N–H and O–H groups in total. The van der Waals surface area contributed by atoms with E-state index in [1.54, 1.807) is 19.1 Å². The third kappa shape index (κ3) is 5.78. The molecule has 11 nitrogen and oxygen atoms in total. The van der Waals surface area contributed by atoms with E-state index < -0.39 is 23.8 Å². The fraction of sp³-hybridized carbons (Fsp3) is 0.143. The number of carbonyl (C=O) groups is 4. The molecule has 0 aliphatic carbocycles. The molecule has 0 aliphatic rings. The lowest BCUT2D eigenvalue weighted by atomic mass is 10.1. The number of nitrogens with one attached hydrogen (secondary N) is 2. The number of amides is 4. The molecule has 0 aliphatic heterocycles. The smallest absolute Gasteiger partial charge is 0.435 e. The molecule has 0 atom stereocenters. The zero-order valence-corrected chi connectivity index (χ0v) is 21.5. The van der Waals surface area contributed by atoms with E-state index in [9.17, 15) is 19.2 Å². The molecule has 0 spiro atoms. The predicted molar refractivity (Wildman–Crippen MR) is 131 cm³/mol. The summed E-state index contributed by atoms with van der Waals surface area (Å²) in [7, 11) is 1.05. The van der Waals surface area contributed by atoms with E-state index in [1.807, 2.05) is 0 Å². The monoisotopic (exact) mass is 582 g/mol. The number of anilines is 1. The Bertz CT molecular complexity index is 1350. The Labute approximate surface area is 217 Å². The van der Waals surface area contributed by atoms with Crippen LogP contribution in [0.15, 0.2) is 41.1 Å². The van der Waals surface area contributed by atoms with Gasteiger partial charge in [0.15, 0.2) is 5.82 Å². The normalized spacial score (nSPS) is 10.5. The van der Waals surface area contributed by atoms with Crippen molar-refractivity contribution in [1.82, 2.24) is 25.2 Å². The molecule has 3 aromatic rings. The number of aryl methyl sites for hydroxylation is 1. The standard InChI is InChI=1S/C21H17BrCl2N6O5/c1-10-7-12(23)8-13(19(32)28-29(11(2)31)21(34)35-3)17(10)26-20(33)15-9-16(22)27-30(15)18-14(24)5-4-6-25-18/h4-9H,1-3H3,(H,26,33)(H,28,32). The number of methoxy groups -OCH3 is 1. The summed E-state index contributed by atoms with van der Waals surface area (Å²) in [5, 5.41) is 7.71. The van der Waals surface area contributed by atoms with E-state index in [4.69, 9.17) is 23.2 Å². The van der Waals surface area contributed by atoms with Crippen LogP contribution >= 0.6 is 39.1 Å². The first kappa shape index (κ1) is 26.1. The number of imide groups is 1. The summed E-state index contributed by atoms with van der Waals surface area (Å²) in [4.78, 5) is 54.0. The third-order valence-corrected chi connectivity index (χ3v) is 5.42. The molecule has 0 saturated heterocycles. The maximum absolute atomic E-state index is 13.3. The molecular formula is C21H17BrCl2N6O5. The number of halogens is 3. The highest BCUT2D eigenvalue weighted by atomic mass is 79.9. The van der Waals surface area contributed by atoms with Gasteiger partial charge in [0.25, 0.3) is 11.8 Å². The van der Waals surface area contributed by atoms with Gasteiger partial charge < -0.3 is 10.1 Å². The number of benzene rings is 1. The number of hydrogen-bond acceptors (Lipinski definition) is 7. The molecule has 4 amide bonds. The van der Waals surface area contributed by atoms with Crippen LogP contribution in [0, 0.1) is 6.92 Å². The van der Waals surface area contributed by atoms with Crippen LogP contribution in [-0.4, -0.2) is 50.7 Å². The predicted octanol–water partition coefficient (Wildman–Crippen LogP) is 4.16. The molecule has 2 heterocycles. The molecule has 0 bridgehead atoms. The largest absolute Gasteiger partial charge is 0.451 e. The fourth-order valence-electron chi connectivity index (χ4n) is 2.98. The summed E-state index contributed by atoms with van der Waals surface area (Å²) >= 11 is 15.6. The Morgan fingerprint density at radius 2 is 1.86 bits per heavy atom. The van der Waals surface area contributed by atoms with Gasteiger partial charge in [0.2, 0.25) is 5.91 Å². The lowest BCUT2D eigenvalue weighted by molar-refractivity contribution is -0.129.